The number of carbonyl (C=O) groups excluding carboxylic acids is 2. The molecule has 3 amide bonds. The number of benzene rings is 1. The number of ether oxygens (including phenoxy) is 1. The zero-order chi connectivity index (χ0) is 17.8. The van der Waals surface area contributed by atoms with Crippen molar-refractivity contribution in [3.63, 3.8) is 0 Å². The Morgan fingerprint density at radius 1 is 1.20 bits per heavy atom. The Morgan fingerprint density at radius 3 is 2.52 bits per heavy atom. The second-order valence-corrected chi connectivity index (χ2v) is 7.01. The van der Waals surface area contributed by atoms with E-state index in [0.29, 0.717) is 32.6 Å². The monoisotopic (exact) mass is 345 g/mol. The summed E-state index contributed by atoms with van der Waals surface area (Å²) >= 11 is 0. The third-order valence-corrected chi connectivity index (χ3v) is 4.79. The molecule has 0 aromatic heterocycles. The largest absolute Gasteiger partial charge is 0.372 e. The van der Waals surface area contributed by atoms with Crippen LogP contribution in [0.25, 0.3) is 0 Å². The van der Waals surface area contributed by atoms with Gasteiger partial charge in [0.2, 0.25) is 5.91 Å². The molecule has 6 heteroatoms. The predicted octanol–water partition coefficient (Wildman–Crippen LogP) is 2.13. The Bertz CT molecular complexity index is 624. The van der Waals surface area contributed by atoms with Gasteiger partial charge in [-0.1, -0.05) is 24.3 Å². The van der Waals surface area contributed by atoms with Crippen LogP contribution in [0.15, 0.2) is 24.3 Å². The van der Waals surface area contributed by atoms with Gasteiger partial charge < -0.3 is 19.9 Å². The number of amides is 3. The van der Waals surface area contributed by atoms with Crippen LogP contribution >= 0.6 is 0 Å². The fraction of sp³-hybridized carbons (Fsp3) is 0.579. The molecule has 2 aliphatic rings. The minimum absolute atomic E-state index is 0.0583. The van der Waals surface area contributed by atoms with Crippen LogP contribution in [0.2, 0.25) is 0 Å². The summed E-state index contributed by atoms with van der Waals surface area (Å²) in [6.45, 7) is 7.10. The zero-order valence-corrected chi connectivity index (χ0v) is 15.0. The Hall–Kier alpha value is -2.08. The average Bonchev–Trinajstić information content (AvgIpc) is 2.98. The lowest BCUT2D eigenvalue weighted by Gasteiger charge is -2.35. The van der Waals surface area contributed by atoms with Crippen molar-refractivity contribution >= 4 is 11.9 Å². The topological polar surface area (TPSA) is 61.9 Å². The van der Waals surface area contributed by atoms with E-state index in [4.69, 9.17) is 4.74 Å². The van der Waals surface area contributed by atoms with Gasteiger partial charge in [-0.25, -0.2) is 4.79 Å². The van der Waals surface area contributed by atoms with Crippen LogP contribution in [0.3, 0.4) is 0 Å². The fourth-order valence-electron chi connectivity index (χ4n) is 3.59. The molecule has 1 aromatic carbocycles. The van der Waals surface area contributed by atoms with Crippen molar-refractivity contribution in [2.24, 2.45) is 0 Å². The van der Waals surface area contributed by atoms with E-state index >= 15 is 0 Å². The Morgan fingerprint density at radius 2 is 1.88 bits per heavy atom. The molecule has 2 aliphatic heterocycles. The number of hydrogen-bond acceptors (Lipinski definition) is 3. The van der Waals surface area contributed by atoms with Crippen molar-refractivity contribution in [3.05, 3.63) is 35.4 Å². The van der Waals surface area contributed by atoms with Crippen molar-refractivity contribution in [1.82, 2.24) is 15.1 Å². The molecule has 3 rings (SSSR count). The molecule has 0 saturated carbocycles. The minimum Gasteiger partial charge on any atom is -0.372 e. The molecule has 2 atom stereocenters. The summed E-state index contributed by atoms with van der Waals surface area (Å²) in [6.07, 6.45) is 1.70. The maximum absolute atomic E-state index is 12.5. The maximum Gasteiger partial charge on any atom is 0.317 e. The van der Waals surface area contributed by atoms with Crippen LogP contribution < -0.4 is 5.32 Å². The number of nitrogens with zero attached hydrogens (tertiary/aromatic N) is 2. The summed E-state index contributed by atoms with van der Waals surface area (Å²) in [6, 6.07) is 7.93. The molecule has 2 saturated heterocycles. The number of rotatable bonds is 4. The first-order valence-electron chi connectivity index (χ1n) is 9.05. The molecular formula is C19H27N3O3. The van der Waals surface area contributed by atoms with Gasteiger partial charge in [0.15, 0.2) is 0 Å². The molecule has 1 N–H and O–H groups in total. The molecule has 1 aromatic rings. The Kier molecular flexibility index (Phi) is 5.58. The summed E-state index contributed by atoms with van der Waals surface area (Å²) in [5.74, 6) is 0.218. The van der Waals surface area contributed by atoms with Gasteiger partial charge >= 0.3 is 6.03 Å². The normalized spacial score (nSPS) is 23.8. The van der Waals surface area contributed by atoms with E-state index in [1.165, 1.54) is 0 Å². The van der Waals surface area contributed by atoms with Crippen LogP contribution in [0, 0.1) is 0 Å². The van der Waals surface area contributed by atoms with Gasteiger partial charge in [0.05, 0.1) is 12.2 Å². The number of carbonyl (C=O) groups is 2. The number of hydrogen-bond donors (Lipinski definition) is 1. The summed E-state index contributed by atoms with van der Waals surface area (Å²) < 4.78 is 5.67. The molecule has 25 heavy (non-hydrogen) atoms. The summed E-state index contributed by atoms with van der Waals surface area (Å²) in [7, 11) is 0. The smallest absolute Gasteiger partial charge is 0.317 e. The minimum atomic E-state index is -0.0611. The molecule has 0 aliphatic carbocycles. The van der Waals surface area contributed by atoms with E-state index in [1.807, 2.05) is 47.9 Å². The number of likely N-dealkylation sites (tertiary alicyclic amines) is 1. The first kappa shape index (κ1) is 17.7. The van der Waals surface area contributed by atoms with Gasteiger partial charge in [0, 0.05) is 39.1 Å². The Labute approximate surface area is 149 Å². The van der Waals surface area contributed by atoms with E-state index in [0.717, 1.165) is 24.1 Å². The summed E-state index contributed by atoms with van der Waals surface area (Å²) in [4.78, 5) is 28.0. The van der Waals surface area contributed by atoms with Crippen molar-refractivity contribution < 1.29 is 14.3 Å². The van der Waals surface area contributed by atoms with Crippen LogP contribution in [0.4, 0.5) is 4.79 Å². The fourth-order valence-corrected chi connectivity index (χ4v) is 3.59. The number of morpholine rings is 1. The maximum atomic E-state index is 12.5. The Balaban J connectivity index is 1.59. The van der Waals surface area contributed by atoms with E-state index in [-0.39, 0.29) is 24.1 Å². The summed E-state index contributed by atoms with van der Waals surface area (Å²) in [5.41, 5.74) is 2.16. The van der Waals surface area contributed by atoms with Gasteiger partial charge in [-0.05, 0) is 31.4 Å². The number of urea groups is 1. The molecule has 2 fully saturated rings. The highest BCUT2D eigenvalue weighted by Gasteiger charge is 2.26. The number of nitrogens with one attached hydrogen (secondary N) is 1. The van der Waals surface area contributed by atoms with E-state index in [9.17, 15) is 9.59 Å². The van der Waals surface area contributed by atoms with Gasteiger partial charge in [0.1, 0.15) is 0 Å². The zero-order valence-electron chi connectivity index (χ0n) is 15.0. The van der Waals surface area contributed by atoms with Crippen molar-refractivity contribution in [2.75, 3.05) is 19.6 Å². The molecular weight excluding hydrogens is 318 g/mol. The first-order chi connectivity index (χ1) is 12.0. The van der Waals surface area contributed by atoms with Crippen LogP contribution in [0.1, 0.15) is 37.8 Å². The van der Waals surface area contributed by atoms with Gasteiger partial charge in [0.25, 0.3) is 0 Å². The van der Waals surface area contributed by atoms with Gasteiger partial charge in [-0.15, -0.1) is 0 Å². The van der Waals surface area contributed by atoms with Crippen LogP contribution in [-0.2, 0) is 22.6 Å². The van der Waals surface area contributed by atoms with Gasteiger partial charge in [-0.3, -0.25) is 4.79 Å². The lowest BCUT2D eigenvalue weighted by atomic mass is 10.1. The third kappa shape index (κ3) is 4.51. The lowest BCUT2D eigenvalue weighted by Crippen LogP contribution is -2.51. The van der Waals surface area contributed by atoms with Crippen LogP contribution in [0.5, 0.6) is 0 Å². The van der Waals surface area contributed by atoms with Gasteiger partial charge in [-0.2, -0.15) is 0 Å². The van der Waals surface area contributed by atoms with Crippen LogP contribution in [-0.4, -0.2) is 53.6 Å². The second-order valence-electron chi connectivity index (χ2n) is 7.01. The molecule has 2 heterocycles. The predicted molar refractivity (Wildman–Crippen MR) is 94.9 cm³/mol. The quantitative estimate of drug-likeness (QED) is 0.909. The van der Waals surface area contributed by atoms with Crippen molar-refractivity contribution in [1.29, 1.82) is 0 Å². The third-order valence-electron chi connectivity index (χ3n) is 4.79. The molecule has 0 bridgehead atoms. The van der Waals surface area contributed by atoms with E-state index < -0.39 is 0 Å². The molecule has 0 radical (unpaired) electrons. The molecule has 0 spiro atoms. The highest BCUT2D eigenvalue weighted by Crippen LogP contribution is 2.17. The molecule has 136 valence electrons. The SMILES string of the molecule is C[C@@H]1CN(C(=O)NCc2ccccc2CN2CCCC2=O)C[C@H](C)O1. The highest BCUT2D eigenvalue weighted by molar-refractivity contribution is 5.78. The highest BCUT2D eigenvalue weighted by atomic mass is 16.5. The standard InChI is InChI=1S/C19H27N3O3/c1-14-11-22(12-15(2)25-14)19(24)20-10-16-6-3-4-7-17(16)13-21-9-5-8-18(21)23/h3-4,6-7,14-15H,5,8-13H2,1-2H3,(H,20,24)/t14-,15+. The van der Waals surface area contributed by atoms with E-state index in [1.54, 1.807) is 0 Å². The van der Waals surface area contributed by atoms with E-state index in [2.05, 4.69) is 5.32 Å². The first-order valence-corrected chi connectivity index (χ1v) is 9.05. The average molecular weight is 345 g/mol. The van der Waals surface area contributed by atoms with Crippen molar-refractivity contribution in [3.8, 4) is 0 Å². The molecule has 6 nitrogen and oxygen atoms in total. The summed E-state index contributed by atoms with van der Waals surface area (Å²) in [5, 5.41) is 3.01. The lowest BCUT2D eigenvalue weighted by molar-refractivity contribution is -0.128. The second kappa shape index (κ2) is 7.87. The molecule has 0 unspecified atom stereocenters. The van der Waals surface area contributed by atoms with Crippen molar-refractivity contribution in [2.45, 2.75) is 52.0 Å².